The van der Waals surface area contributed by atoms with Crippen molar-refractivity contribution in [2.24, 2.45) is 18.4 Å². The highest BCUT2D eigenvalue weighted by molar-refractivity contribution is 5.93. The maximum Gasteiger partial charge on any atom is 0.272 e. The van der Waals surface area contributed by atoms with Gasteiger partial charge in [-0.3, -0.25) is 9.48 Å². The van der Waals surface area contributed by atoms with Crippen molar-refractivity contribution >= 4 is 5.91 Å². The second kappa shape index (κ2) is 7.33. The Bertz CT molecular complexity index is 845. The molecule has 28 heavy (non-hydrogen) atoms. The van der Waals surface area contributed by atoms with Crippen LogP contribution in [0.2, 0.25) is 0 Å². The Balaban J connectivity index is 1.66. The molecule has 2 fully saturated rings. The van der Waals surface area contributed by atoms with E-state index in [4.69, 9.17) is 0 Å². The maximum absolute atomic E-state index is 13.3. The first kappa shape index (κ1) is 19.2. The van der Waals surface area contributed by atoms with Crippen molar-refractivity contribution < 1.29 is 4.79 Å². The summed E-state index contributed by atoms with van der Waals surface area (Å²) in [7, 11) is 1.85. The molecular weight excluding hydrogens is 352 g/mol. The molecule has 1 aliphatic carbocycles. The van der Waals surface area contributed by atoms with Gasteiger partial charge in [0, 0.05) is 32.6 Å². The predicted molar refractivity (Wildman–Crippen MR) is 107 cm³/mol. The fourth-order valence-electron chi connectivity index (χ4n) is 5.28. The van der Waals surface area contributed by atoms with Crippen LogP contribution in [0.4, 0.5) is 0 Å². The SMILES string of the molecule is Cc1cc(C(=O)N2CC(c3nncn3CC(C)C)C3(CCCCC3)C2)n(C)n1. The number of amides is 1. The molecule has 0 N–H and O–H groups in total. The quantitative estimate of drug-likeness (QED) is 0.812. The van der Waals surface area contributed by atoms with Gasteiger partial charge in [0.15, 0.2) is 0 Å². The van der Waals surface area contributed by atoms with Gasteiger partial charge in [-0.05, 0) is 37.2 Å². The minimum absolute atomic E-state index is 0.0884. The Hall–Kier alpha value is -2.18. The number of hydrogen-bond donors (Lipinski definition) is 0. The number of rotatable bonds is 4. The number of likely N-dealkylation sites (tertiary alicyclic amines) is 1. The molecule has 1 atom stereocenters. The summed E-state index contributed by atoms with van der Waals surface area (Å²) in [5.74, 6) is 1.94. The summed E-state index contributed by atoms with van der Waals surface area (Å²) in [6.07, 6.45) is 7.97. The average molecular weight is 385 g/mol. The van der Waals surface area contributed by atoms with Crippen molar-refractivity contribution in [3.63, 3.8) is 0 Å². The molecular formula is C21H32N6O. The second-order valence-electron chi connectivity index (χ2n) is 9.19. The molecule has 1 unspecified atom stereocenters. The van der Waals surface area contributed by atoms with E-state index < -0.39 is 0 Å². The third-order valence-corrected chi connectivity index (χ3v) is 6.52. The summed E-state index contributed by atoms with van der Waals surface area (Å²) >= 11 is 0. The third kappa shape index (κ3) is 3.35. The molecule has 4 rings (SSSR count). The van der Waals surface area contributed by atoms with Gasteiger partial charge in [0.1, 0.15) is 17.8 Å². The highest BCUT2D eigenvalue weighted by atomic mass is 16.2. The topological polar surface area (TPSA) is 68.8 Å². The predicted octanol–water partition coefficient (Wildman–Crippen LogP) is 3.17. The first-order chi connectivity index (χ1) is 13.4. The van der Waals surface area contributed by atoms with Crippen LogP contribution in [0.1, 0.15) is 73.9 Å². The molecule has 2 aromatic rings. The summed E-state index contributed by atoms with van der Waals surface area (Å²) in [4.78, 5) is 15.3. The molecule has 0 bridgehead atoms. The molecule has 7 nitrogen and oxygen atoms in total. The van der Waals surface area contributed by atoms with Crippen molar-refractivity contribution in [2.45, 2.75) is 65.3 Å². The van der Waals surface area contributed by atoms with Crippen LogP contribution in [0.25, 0.3) is 0 Å². The summed E-state index contributed by atoms with van der Waals surface area (Å²) < 4.78 is 3.92. The van der Waals surface area contributed by atoms with Crippen LogP contribution in [-0.4, -0.2) is 48.4 Å². The Labute approximate surface area is 167 Å². The van der Waals surface area contributed by atoms with Crippen LogP contribution in [-0.2, 0) is 13.6 Å². The van der Waals surface area contributed by atoms with Crippen LogP contribution < -0.4 is 0 Å². The lowest BCUT2D eigenvalue weighted by atomic mass is 9.67. The van der Waals surface area contributed by atoms with Crippen molar-refractivity contribution in [3.05, 3.63) is 29.6 Å². The molecule has 152 valence electrons. The number of nitrogens with zero attached hydrogens (tertiary/aromatic N) is 6. The minimum Gasteiger partial charge on any atom is -0.336 e. The smallest absolute Gasteiger partial charge is 0.272 e. The first-order valence-corrected chi connectivity index (χ1v) is 10.6. The van der Waals surface area contributed by atoms with Gasteiger partial charge in [-0.25, -0.2) is 0 Å². The Kier molecular flexibility index (Phi) is 5.02. The molecule has 1 amide bonds. The molecule has 2 aromatic heterocycles. The van der Waals surface area contributed by atoms with Gasteiger partial charge in [-0.2, -0.15) is 5.10 Å². The number of carbonyl (C=O) groups is 1. The van der Waals surface area contributed by atoms with E-state index >= 15 is 0 Å². The maximum atomic E-state index is 13.3. The number of hydrogen-bond acceptors (Lipinski definition) is 4. The van der Waals surface area contributed by atoms with Gasteiger partial charge >= 0.3 is 0 Å². The van der Waals surface area contributed by atoms with E-state index in [9.17, 15) is 4.79 Å². The van der Waals surface area contributed by atoms with Gasteiger partial charge < -0.3 is 9.47 Å². The van der Waals surface area contributed by atoms with Crippen LogP contribution in [0.3, 0.4) is 0 Å². The third-order valence-electron chi connectivity index (χ3n) is 6.52. The molecule has 1 spiro atoms. The van der Waals surface area contributed by atoms with E-state index in [1.165, 1.54) is 32.1 Å². The van der Waals surface area contributed by atoms with Gasteiger partial charge in [0.25, 0.3) is 5.91 Å². The molecule has 7 heteroatoms. The van der Waals surface area contributed by atoms with Gasteiger partial charge in [0.2, 0.25) is 0 Å². The van der Waals surface area contributed by atoms with Gasteiger partial charge in [-0.15, -0.1) is 10.2 Å². The lowest BCUT2D eigenvalue weighted by Crippen LogP contribution is -2.35. The van der Waals surface area contributed by atoms with Crippen molar-refractivity contribution in [3.8, 4) is 0 Å². The van der Waals surface area contributed by atoms with E-state index in [0.29, 0.717) is 11.6 Å². The zero-order chi connectivity index (χ0) is 19.9. The first-order valence-electron chi connectivity index (χ1n) is 10.6. The standard InChI is InChI=1S/C21H32N6O/c1-15(2)11-27-14-22-23-19(27)17-12-26(13-21(17)8-6-5-7-9-21)20(28)18-10-16(3)24-25(18)4/h10,14-15,17H,5-9,11-13H2,1-4H3. The van der Waals surface area contributed by atoms with E-state index in [1.54, 1.807) is 4.68 Å². The lowest BCUT2D eigenvalue weighted by Gasteiger charge is -2.37. The summed E-state index contributed by atoms with van der Waals surface area (Å²) in [5.41, 5.74) is 1.68. The molecule has 3 heterocycles. The normalized spacial score (nSPS) is 21.8. The summed E-state index contributed by atoms with van der Waals surface area (Å²) in [5, 5.41) is 13.2. The Morgan fingerprint density at radius 3 is 2.68 bits per heavy atom. The molecule has 1 saturated heterocycles. The van der Waals surface area contributed by atoms with Crippen LogP contribution in [0.15, 0.2) is 12.4 Å². The number of aromatic nitrogens is 5. The lowest BCUT2D eigenvalue weighted by molar-refractivity contribution is 0.0747. The fourth-order valence-corrected chi connectivity index (χ4v) is 5.28. The van der Waals surface area contributed by atoms with E-state index in [2.05, 4.69) is 33.7 Å². The van der Waals surface area contributed by atoms with Crippen LogP contribution in [0, 0.1) is 18.3 Å². The van der Waals surface area contributed by atoms with Crippen molar-refractivity contribution in [2.75, 3.05) is 13.1 Å². The van der Waals surface area contributed by atoms with Crippen LogP contribution >= 0.6 is 0 Å². The van der Waals surface area contributed by atoms with E-state index in [-0.39, 0.29) is 17.2 Å². The summed E-state index contributed by atoms with van der Waals surface area (Å²) in [6.45, 7) is 8.82. The van der Waals surface area contributed by atoms with Gasteiger partial charge in [-0.1, -0.05) is 33.1 Å². The molecule has 0 radical (unpaired) electrons. The highest BCUT2D eigenvalue weighted by Gasteiger charge is 2.50. The van der Waals surface area contributed by atoms with Crippen LogP contribution in [0.5, 0.6) is 0 Å². The zero-order valence-corrected chi connectivity index (χ0v) is 17.6. The van der Waals surface area contributed by atoms with Crippen molar-refractivity contribution in [1.82, 2.24) is 29.4 Å². The molecule has 1 saturated carbocycles. The zero-order valence-electron chi connectivity index (χ0n) is 17.6. The number of aryl methyl sites for hydroxylation is 2. The molecule has 1 aliphatic heterocycles. The van der Waals surface area contributed by atoms with E-state index in [0.717, 1.165) is 31.2 Å². The minimum atomic E-state index is 0.0884. The Morgan fingerprint density at radius 2 is 2.04 bits per heavy atom. The highest BCUT2D eigenvalue weighted by Crippen LogP contribution is 2.51. The Morgan fingerprint density at radius 1 is 1.29 bits per heavy atom. The monoisotopic (exact) mass is 384 g/mol. The molecule has 0 aromatic carbocycles. The van der Waals surface area contributed by atoms with E-state index in [1.807, 2.05) is 31.3 Å². The molecule has 2 aliphatic rings. The fraction of sp³-hybridized carbons (Fsp3) is 0.714. The summed E-state index contributed by atoms with van der Waals surface area (Å²) in [6, 6.07) is 1.89. The van der Waals surface area contributed by atoms with Crippen molar-refractivity contribution in [1.29, 1.82) is 0 Å². The largest absolute Gasteiger partial charge is 0.336 e. The second-order valence-corrected chi connectivity index (χ2v) is 9.19. The number of carbonyl (C=O) groups excluding carboxylic acids is 1. The van der Waals surface area contributed by atoms with Gasteiger partial charge in [0.05, 0.1) is 5.69 Å². The average Bonchev–Trinajstić information content (AvgIpc) is 3.32.